The molecular weight excluding hydrogens is 258 g/mol. The van der Waals surface area contributed by atoms with Gasteiger partial charge in [0.2, 0.25) is 5.82 Å². The van der Waals surface area contributed by atoms with Gasteiger partial charge in [-0.3, -0.25) is 10.1 Å². The first-order valence-electron chi connectivity index (χ1n) is 6.82. The first-order valence-corrected chi connectivity index (χ1v) is 6.82. The molecule has 7 heteroatoms. The fourth-order valence-corrected chi connectivity index (χ4v) is 1.92. The van der Waals surface area contributed by atoms with Crippen LogP contribution in [0.15, 0.2) is 12.1 Å². The third kappa shape index (κ3) is 5.00. The molecule has 0 aliphatic carbocycles. The lowest BCUT2D eigenvalue weighted by Crippen LogP contribution is -2.18. The van der Waals surface area contributed by atoms with Crippen LogP contribution in [0, 0.1) is 16.0 Å². The Morgan fingerprint density at radius 2 is 2.05 bits per heavy atom. The Balaban J connectivity index is 2.71. The maximum atomic E-state index is 11.0. The summed E-state index contributed by atoms with van der Waals surface area (Å²) in [6.45, 7) is 6.36. The monoisotopic (exact) mass is 281 g/mol. The smallest absolute Gasteiger partial charge is 0.311 e. The van der Waals surface area contributed by atoms with Gasteiger partial charge in [-0.15, -0.1) is 0 Å². The van der Waals surface area contributed by atoms with E-state index in [0.29, 0.717) is 11.7 Å². The molecule has 0 aliphatic heterocycles. The van der Waals surface area contributed by atoms with Gasteiger partial charge in [0.05, 0.1) is 4.92 Å². The number of anilines is 2. The Bertz CT molecular complexity index is 450. The molecule has 1 rings (SSSR count). The van der Waals surface area contributed by atoms with Gasteiger partial charge in [0, 0.05) is 12.1 Å². The highest BCUT2D eigenvalue weighted by atomic mass is 16.6. The normalized spacial score (nSPS) is 12.2. The molecule has 1 atom stereocenters. The summed E-state index contributed by atoms with van der Waals surface area (Å²) in [6.07, 6.45) is 3.16. The molecule has 0 aromatic carbocycles. The van der Waals surface area contributed by atoms with Crippen molar-refractivity contribution in [3.63, 3.8) is 0 Å². The van der Waals surface area contributed by atoms with Crippen molar-refractivity contribution in [3.8, 4) is 0 Å². The number of nitrogens with one attached hydrogen (secondary N) is 2. The highest BCUT2D eigenvalue weighted by molar-refractivity contribution is 5.60. The van der Waals surface area contributed by atoms with Crippen LogP contribution in [0.3, 0.4) is 0 Å². The van der Waals surface area contributed by atoms with E-state index in [0.717, 1.165) is 19.3 Å². The van der Waals surface area contributed by atoms with Gasteiger partial charge in [0.15, 0.2) is 0 Å². The average molecular weight is 281 g/mol. The molecule has 0 spiro atoms. The lowest BCUT2D eigenvalue weighted by molar-refractivity contribution is -0.384. The summed E-state index contributed by atoms with van der Waals surface area (Å²) in [5, 5.41) is 14.1. The lowest BCUT2D eigenvalue weighted by Gasteiger charge is -2.15. The van der Waals surface area contributed by atoms with E-state index in [-0.39, 0.29) is 17.5 Å². The molecule has 20 heavy (non-hydrogen) atoms. The first-order chi connectivity index (χ1) is 9.43. The van der Waals surface area contributed by atoms with Gasteiger partial charge in [0.25, 0.3) is 0 Å². The molecule has 1 aromatic heterocycles. The molecule has 0 radical (unpaired) electrons. The molecule has 7 nitrogen and oxygen atoms in total. The quantitative estimate of drug-likeness (QED) is 0.384. The Morgan fingerprint density at radius 1 is 1.35 bits per heavy atom. The summed E-state index contributed by atoms with van der Waals surface area (Å²) < 4.78 is 0. The Kier molecular flexibility index (Phi) is 6.17. The van der Waals surface area contributed by atoms with E-state index in [9.17, 15) is 10.1 Å². The molecule has 0 aliphatic rings. The van der Waals surface area contributed by atoms with Crippen LogP contribution < -0.4 is 16.6 Å². The summed E-state index contributed by atoms with van der Waals surface area (Å²) in [7, 11) is 0. The number of hydrogen-bond donors (Lipinski definition) is 3. The fraction of sp³-hybridized carbons (Fsp3) is 0.615. The van der Waals surface area contributed by atoms with Crippen LogP contribution in [0.2, 0.25) is 0 Å². The topological polar surface area (TPSA) is 106 Å². The van der Waals surface area contributed by atoms with Gasteiger partial charge in [-0.2, -0.15) is 0 Å². The minimum atomic E-state index is -0.448. The van der Waals surface area contributed by atoms with Crippen molar-refractivity contribution in [2.75, 3.05) is 10.7 Å². The Labute approximate surface area is 119 Å². The van der Waals surface area contributed by atoms with Gasteiger partial charge >= 0.3 is 5.69 Å². The van der Waals surface area contributed by atoms with E-state index in [1.54, 1.807) is 0 Å². The zero-order valence-electron chi connectivity index (χ0n) is 12.2. The predicted octanol–water partition coefficient (Wildman–Crippen LogP) is 2.90. The van der Waals surface area contributed by atoms with Crippen molar-refractivity contribution in [2.45, 2.75) is 46.1 Å². The van der Waals surface area contributed by atoms with Crippen LogP contribution in [-0.4, -0.2) is 15.9 Å². The maximum absolute atomic E-state index is 11.0. The van der Waals surface area contributed by atoms with E-state index in [4.69, 9.17) is 5.84 Å². The second-order valence-corrected chi connectivity index (χ2v) is 5.34. The summed E-state index contributed by atoms with van der Waals surface area (Å²) >= 11 is 0. The molecule has 0 fully saturated rings. The van der Waals surface area contributed by atoms with E-state index < -0.39 is 4.92 Å². The van der Waals surface area contributed by atoms with E-state index in [1.807, 2.05) is 6.92 Å². The number of nitrogen functional groups attached to an aromatic ring is 1. The Morgan fingerprint density at radius 3 is 2.60 bits per heavy atom. The minimum Gasteiger partial charge on any atom is -0.362 e. The molecule has 1 unspecified atom stereocenters. The number of nitrogens with zero attached hydrogens (tertiary/aromatic N) is 2. The highest BCUT2D eigenvalue weighted by Crippen LogP contribution is 2.25. The van der Waals surface area contributed by atoms with Crippen LogP contribution >= 0.6 is 0 Å². The molecule has 0 amide bonds. The van der Waals surface area contributed by atoms with Gasteiger partial charge < -0.3 is 10.7 Å². The largest absolute Gasteiger partial charge is 0.362 e. The summed E-state index contributed by atoms with van der Waals surface area (Å²) in [4.78, 5) is 14.6. The molecule has 0 bridgehead atoms. The SMILES string of the molecule is CC(C)CCCC(C)Nc1nc(NN)ccc1[N+](=O)[O-]. The first kappa shape index (κ1) is 16.2. The fourth-order valence-electron chi connectivity index (χ4n) is 1.92. The van der Waals surface area contributed by atoms with Crippen LogP contribution in [0.25, 0.3) is 0 Å². The van der Waals surface area contributed by atoms with Crippen LogP contribution in [0.4, 0.5) is 17.3 Å². The predicted molar refractivity (Wildman–Crippen MR) is 80.5 cm³/mol. The number of nitrogens with two attached hydrogens (primary N) is 1. The standard InChI is InChI=1S/C13H23N5O2/c1-9(2)5-4-6-10(3)15-13-11(18(19)20)7-8-12(16-13)17-14/h7-10H,4-6,14H2,1-3H3,(H2,15,16,17). The number of rotatable bonds is 8. The van der Waals surface area contributed by atoms with E-state index in [1.165, 1.54) is 12.1 Å². The van der Waals surface area contributed by atoms with Crippen molar-refractivity contribution in [3.05, 3.63) is 22.2 Å². The maximum Gasteiger partial charge on any atom is 0.311 e. The van der Waals surface area contributed by atoms with Gasteiger partial charge in [-0.1, -0.05) is 26.7 Å². The van der Waals surface area contributed by atoms with Crippen molar-refractivity contribution in [2.24, 2.45) is 11.8 Å². The zero-order chi connectivity index (χ0) is 15.1. The number of aromatic nitrogens is 1. The summed E-state index contributed by atoms with van der Waals surface area (Å²) in [5.74, 6) is 6.59. The number of pyridine rings is 1. The second kappa shape index (κ2) is 7.64. The second-order valence-electron chi connectivity index (χ2n) is 5.34. The molecular formula is C13H23N5O2. The van der Waals surface area contributed by atoms with Crippen molar-refractivity contribution >= 4 is 17.3 Å². The third-order valence-corrected chi connectivity index (χ3v) is 3.02. The molecule has 1 aromatic rings. The van der Waals surface area contributed by atoms with Crippen LogP contribution in [0.1, 0.15) is 40.0 Å². The van der Waals surface area contributed by atoms with Gasteiger partial charge in [0.1, 0.15) is 5.82 Å². The van der Waals surface area contributed by atoms with Gasteiger partial charge in [-0.05, 0) is 25.3 Å². The average Bonchev–Trinajstić information content (AvgIpc) is 2.37. The number of hydrazine groups is 1. The Hall–Kier alpha value is -1.89. The molecule has 4 N–H and O–H groups in total. The highest BCUT2D eigenvalue weighted by Gasteiger charge is 2.17. The molecule has 0 saturated carbocycles. The van der Waals surface area contributed by atoms with Crippen LogP contribution in [-0.2, 0) is 0 Å². The van der Waals surface area contributed by atoms with Crippen LogP contribution in [0.5, 0.6) is 0 Å². The zero-order valence-corrected chi connectivity index (χ0v) is 12.2. The summed E-state index contributed by atoms with van der Waals surface area (Å²) in [6, 6.07) is 2.99. The molecule has 0 saturated heterocycles. The van der Waals surface area contributed by atoms with Crippen molar-refractivity contribution < 1.29 is 4.92 Å². The van der Waals surface area contributed by atoms with Crippen molar-refractivity contribution in [1.29, 1.82) is 0 Å². The van der Waals surface area contributed by atoms with E-state index in [2.05, 4.69) is 29.6 Å². The molecule has 112 valence electrons. The lowest BCUT2D eigenvalue weighted by atomic mass is 10.0. The number of nitro groups is 1. The molecule has 1 heterocycles. The minimum absolute atomic E-state index is 0.0419. The third-order valence-electron chi connectivity index (χ3n) is 3.02. The number of hydrogen-bond acceptors (Lipinski definition) is 6. The summed E-state index contributed by atoms with van der Waals surface area (Å²) in [5.41, 5.74) is 2.35. The van der Waals surface area contributed by atoms with Gasteiger partial charge in [-0.25, -0.2) is 10.8 Å². The van der Waals surface area contributed by atoms with E-state index >= 15 is 0 Å². The van der Waals surface area contributed by atoms with Crippen molar-refractivity contribution in [1.82, 2.24) is 4.98 Å².